The third-order valence-corrected chi connectivity index (χ3v) is 5.59. The molecule has 0 bridgehead atoms. The molecule has 0 saturated heterocycles. The molecule has 0 saturated carbocycles. The number of benzene rings is 2. The number of fused-ring (bicyclic) bond motifs is 1. The maximum atomic E-state index is 13.0. The number of rotatable bonds is 5. The van der Waals surface area contributed by atoms with Gasteiger partial charge in [0.1, 0.15) is 6.54 Å². The highest BCUT2D eigenvalue weighted by Gasteiger charge is 2.33. The van der Waals surface area contributed by atoms with Gasteiger partial charge in [-0.1, -0.05) is 29.8 Å². The van der Waals surface area contributed by atoms with Crippen LogP contribution in [0.4, 0.5) is 24.5 Å². The third kappa shape index (κ3) is 4.97. The molecule has 0 atom stereocenters. The first-order valence-corrected chi connectivity index (χ1v) is 10.7. The molecule has 1 aromatic heterocycles. The molecule has 0 spiro atoms. The maximum absolute atomic E-state index is 13.0. The van der Waals surface area contributed by atoms with Crippen LogP contribution in [-0.2, 0) is 21.0 Å². The molecule has 2 N–H and O–H groups in total. The Kier molecular flexibility index (Phi) is 5.96. The normalized spacial score (nSPS) is 12.5. The van der Waals surface area contributed by atoms with Crippen LogP contribution in [0.2, 0.25) is 5.02 Å². The van der Waals surface area contributed by atoms with Crippen LogP contribution in [-0.4, -0.2) is 37.2 Å². The second-order valence-electron chi connectivity index (χ2n) is 6.40. The van der Waals surface area contributed by atoms with Crippen molar-refractivity contribution in [2.75, 3.05) is 17.1 Å². The molecule has 1 amide bonds. The average Bonchev–Trinajstić information content (AvgIpc) is 2.98. The summed E-state index contributed by atoms with van der Waals surface area (Å²) >= 11 is 5.90. The van der Waals surface area contributed by atoms with Crippen LogP contribution < -0.4 is 4.31 Å². The van der Waals surface area contributed by atoms with Crippen LogP contribution in [0, 0.1) is 0 Å². The van der Waals surface area contributed by atoms with Gasteiger partial charge in [0.05, 0.1) is 28.0 Å². The molecule has 0 unspecified atom stereocenters. The number of aromatic amines is 1. The Bertz CT molecular complexity index is 1290. The Morgan fingerprint density at radius 1 is 1.23 bits per heavy atom. The van der Waals surface area contributed by atoms with E-state index >= 15 is 0 Å². The number of amides is 1. The van der Waals surface area contributed by atoms with Gasteiger partial charge < -0.3 is 10.1 Å². The van der Waals surface area contributed by atoms with E-state index in [0.717, 1.165) is 6.07 Å². The Morgan fingerprint density at radius 3 is 2.55 bits per heavy atom. The minimum atomic E-state index is -4.75. The summed E-state index contributed by atoms with van der Waals surface area (Å²) in [7, 11) is -4.21. The van der Waals surface area contributed by atoms with Gasteiger partial charge in [-0.15, -0.1) is 10.2 Å². The molecule has 0 fully saturated rings. The first-order chi connectivity index (χ1) is 14.4. The number of carbonyl (C=O) groups is 1. The number of halogens is 4. The molecule has 3 aromatic rings. The number of nitrogens with zero attached hydrogens (tertiary/aromatic N) is 3. The average molecular weight is 475 g/mol. The number of nitrogens with one attached hydrogen (secondary N) is 1. The third-order valence-electron chi connectivity index (χ3n) is 4.14. The minimum absolute atomic E-state index is 0.0491. The van der Waals surface area contributed by atoms with Gasteiger partial charge in [0.25, 0.3) is 5.91 Å². The first kappa shape index (κ1) is 22.6. The number of aromatic nitrogens is 1. The predicted octanol–water partition coefficient (Wildman–Crippen LogP) is 4.62. The minimum Gasteiger partial charge on any atom is -0.493 e. The van der Waals surface area contributed by atoms with Crippen LogP contribution >= 0.6 is 11.6 Å². The summed E-state index contributed by atoms with van der Waals surface area (Å²) in [5.74, 6) is -1.46. The van der Waals surface area contributed by atoms with Crippen molar-refractivity contribution in [3.05, 3.63) is 53.1 Å². The summed E-state index contributed by atoms with van der Waals surface area (Å²) in [6.45, 7) is -0.952. The van der Waals surface area contributed by atoms with Gasteiger partial charge in [-0.25, -0.2) is 8.42 Å². The molecular formula is C18H14ClF3N4O4S. The number of azo groups is 1. The molecule has 0 aliphatic carbocycles. The van der Waals surface area contributed by atoms with Crippen LogP contribution in [0.25, 0.3) is 10.9 Å². The molecule has 0 radical (unpaired) electrons. The molecular weight excluding hydrogens is 461 g/mol. The zero-order valence-electron chi connectivity index (χ0n) is 15.7. The Hall–Kier alpha value is -3.12. The molecule has 0 aliphatic rings. The number of H-pyrrole nitrogens is 1. The fourth-order valence-electron chi connectivity index (χ4n) is 2.74. The molecule has 3 rings (SSSR count). The lowest BCUT2D eigenvalue weighted by Gasteiger charge is -2.22. The second-order valence-corrected chi connectivity index (χ2v) is 8.71. The molecule has 164 valence electrons. The van der Waals surface area contributed by atoms with Crippen molar-refractivity contribution in [3.8, 4) is 5.88 Å². The van der Waals surface area contributed by atoms with Gasteiger partial charge in [-0.05, 0) is 24.3 Å². The quantitative estimate of drug-likeness (QED) is 0.525. The van der Waals surface area contributed by atoms with Crippen molar-refractivity contribution in [1.82, 2.24) is 4.98 Å². The lowest BCUT2D eigenvalue weighted by Crippen LogP contribution is -2.34. The molecule has 13 heteroatoms. The summed E-state index contributed by atoms with van der Waals surface area (Å²) < 4.78 is 63.8. The smallest absolute Gasteiger partial charge is 0.416 e. The number of anilines is 1. The number of sulfonamides is 1. The Balaban J connectivity index is 1.93. The number of carbonyl (C=O) groups excluding carboxylic acids is 1. The maximum Gasteiger partial charge on any atom is 0.416 e. The van der Waals surface area contributed by atoms with E-state index in [1.165, 1.54) is 0 Å². The van der Waals surface area contributed by atoms with Crippen molar-refractivity contribution >= 4 is 49.8 Å². The highest BCUT2D eigenvalue weighted by Crippen LogP contribution is 2.37. The van der Waals surface area contributed by atoms with Gasteiger partial charge in [0.15, 0.2) is 5.69 Å². The van der Waals surface area contributed by atoms with Gasteiger partial charge in [0.2, 0.25) is 15.9 Å². The van der Waals surface area contributed by atoms with Gasteiger partial charge in [0, 0.05) is 5.39 Å². The summed E-state index contributed by atoms with van der Waals surface area (Å²) in [5.41, 5.74) is -1.20. The fraction of sp³-hybridized carbons (Fsp3) is 0.167. The summed E-state index contributed by atoms with van der Waals surface area (Å²) in [6.07, 6.45) is -4.04. The van der Waals surface area contributed by atoms with Crippen molar-refractivity contribution in [2.24, 2.45) is 10.2 Å². The van der Waals surface area contributed by atoms with Crippen LogP contribution in [0.5, 0.6) is 5.88 Å². The molecule has 2 aromatic carbocycles. The van der Waals surface area contributed by atoms with E-state index in [1.807, 2.05) is 0 Å². The van der Waals surface area contributed by atoms with Crippen molar-refractivity contribution in [2.45, 2.75) is 6.18 Å². The lowest BCUT2D eigenvalue weighted by atomic mass is 10.2. The fourth-order valence-corrected chi connectivity index (χ4v) is 3.86. The van der Waals surface area contributed by atoms with Crippen LogP contribution in [0.1, 0.15) is 5.56 Å². The Labute approximate surface area is 179 Å². The zero-order chi connectivity index (χ0) is 23.0. The van der Waals surface area contributed by atoms with Crippen LogP contribution in [0.15, 0.2) is 52.7 Å². The topological polar surface area (TPSA) is 115 Å². The van der Waals surface area contributed by atoms with Crippen molar-refractivity contribution in [1.29, 1.82) is 0 Å². The van der Waals surface area contributed by atoms with E-state index in [2.05, 4.69) is 15.2 Å². The van der Waals surface area contributed by atoms with E-state index in [1.54, 1.807) is 24.3 Å². The molecule has 31 heavy (non-hydrogen) atoms. The standard InChI is InChI=1S/C18H14ClF3N4O4S/c1-31(29,30)26(14-8-10(18(20,21)22)6-7-12(14)19)9-15(27)24-25-16-11-4-2-3-5-13(11)23-17(16)28/h2-8,23,28H,9H2,1H3. The van der Waals surface area contributed by atoms with E-state index in [4.69, 9.17) is 11.6 Å². The molecule has 0 aliphatic heterocycles. The van der Waals surface area contributed by atoms with E-state index in [9.17, 15) is 31.5 Å². The van der Waals surface area contributed by atoms with Crippen molar-refractivity contribution < 1.29 is 31.5 Å². The van der Waals surface area contributed by atoms with Gasteiger partial charge in [-0.3, -0.25) is 9.10 Å². The molecule has 1 heterocycles. The van der Waals surface area contributed by atoms with Crippen molar-refractivity contribution in [3.63, 3.8) is 0 Å². The Morgan fingerprint density at radius 2 is 1.90 bits per heavy atom. The lowest BCUT2D eigenvalue weighted by molar-refractivity contribution is -0.137. The monoisotopic (exact) mass is 474 g/mol. The zero-order valence-corrected chi connectivity index (χ0v) is 17.3. The summed E-state index contributed by atoms with van der Waals surface area (Å²) in [5, 5.41) is 17.1. The van der Waals surface area contributed by atoms with Gasteiger partial charge in [-0.2, -0.15) is 13.2 Å². The predicted molar refractivity (Wildman–Crippen MR) is 108 cm³/mol. The first-order valence-electron chi connectivity index (χ1n) is 8.46. The van der Waals surface area contributed by atoms with Gasteiger partial charge >= 0.3 is 6.18 Å². The summed E-state index contributed by atoms with van der Waals surface area (Å²) in [4.78, 5) is 14.9. The number of hydrogen-bond donors (Lipinski definition) is 2. The largest absolute Gasteiger partial charge is 0.493 e. The number of alkyl halides is 3. The number of aromatic hydroxyl groups is 1. The van der Waals surface area contributed by atoms with E-state index in [-0.39, 0.29) is 16.6 Å². The molecule has 8 nitrogen and oxygen atoms in total. The van der Waals surface area contributed by atoms with E-state index in [0.29, 0.717) is 33.6 Å². The number of para-hydroxylation sites is 1. The summed E-state index contributed by atoms with van der Waals surface area (Å²) in [6, 6.07) is 8.72. The van der Waals surface area contributed by atoms with Crippen LogP contribution in [0.3, 0.4) is 0 Å². The van der Waals surface area contributed by atoms with E-state index < -0.39 is 39.9 Å². The SMILES string of the molecule is CS(=O)(=O)N(CC(=O)N=Nc1c(O)[nH]c2ccccc12)c1cc(C(F)(F)F)ccc1Cl. The highest BCUT2D eigenvalue weighted by atomic mass is 35.5. The second kappa shape index (κ2) is 8.19. The highest BCUT2D eigenvalue weighted by molar-refractivity contribution is 7.92. The number of hydrogen-bond acceptors (Lipinski definition) is 5.